The lowest BCUT2D eigenvalue weighted by Gasteiger charge is -2.03. The van der Waals surface area contributed by atoms with Crippen molar-refractivity contribution in [2.24, 2.45) is 0 Å². The highest BCUT2D eigenvalue weighted by atomic mass is 16.5. The van der Waals surface area contributed by atoms with E-state index in [9.17, 15) is 9.59 Å². The van der Waals surface area contributed by atoms with Crippen molar-refractivity contribution in [2.75, 3.05) is 6.61 Å². The number of hydrogen-bond acceptors (Lipinski definition) is 4. The molecule has 0 radical (unpaired) electrons. The molecule has 5 nitrogen and oxygen atoms in total. The van der Waals surface area contributed by atoms with Gasteiger partial charge in [0, 0.05) is 11.8 Å². The van der Waals surface area contributed by atoms with E-state index in [-0.39, 0.29) is 18.0 Å². The number of hydrogen-bond donors (Lipinski definition) is 0. The maximum atomic E-state index is 12.8. The van der Waals surface area contributed by atoms with Crippen molar-refractivity contribution in [3.05, 3.63) is 77.1 Å². The van der Waals surface area contributed by atoms with Crippen molar-refractivity contribution in [3.8, 4) is 6.07 Å². The van der Waals surface area contributed by atoms with Gasteiger partial charge in [0.25, 0.3) is 0 Å². The van der Waals surface area contributed by atoms with E-state index in [1.54, 1.807) is 53.9 Å². The van der Waals surface area contributed by atoms with Crippen LogP contribution in [0.2, 0.25) is 0 Å². The Balaban J connectivity index is 2.20. The maximum Gasteiger partial charge on any atom is 0.340 e. The summed E-state index contributed by atoms with van der Waals surface area (Å²) in [4.78, 5) is 25.0. The molecule has 0 aliphatic carbocycles. The monoisotopic (exact) mass is 318 g/mol. The Labute approximate surface area is 138 Å². The van der Waals surface area contributed by atoms with Crippen molar-refractivity contribution >= 4 is 17.3 Å². The number of benzene rings is 1. The van der Waals surface area contributed by atoms with Gasteiger partial charge in [-0.1, -0.05) is 30.3 Å². The third-order valence-electron chi connectivity index (χ3n) is 3.66. The molecule has 0 N–H and O–H groups in total. The molecule has 0 bridgehead atoms. The van der Waals surface area contributed by atoms with Crippen LogP contribution in [-0.2, 0) is 4.74 Å². The van der Waals surface area contributed by atoms with E-state index >= 15 is 0 Å². The fourth-order valence-corrected chi connectivity index (χ4v) is 2.55. The number of esters is 1. The highest BCUT2D eigenvalue weighted by Crippen LogP contribution is 2.22. The van der Waals surface area contributed by atoms with Gasteiger partial charge in [0.05, 0.1) is 35.0 Å². The second-order valence-electron chi connectivity index (χ2n) is 5.14. The molecule has 0 aliphatic rings. The molecular weight excluding hydrogens is 304 g/mol. The summed E-state index contributed by atoms with van der Waals surface area (Å²) in [5.74, 6) is -0.719. The van der Waals surface area contributed by atoms with Crippen LogP contribution >= 0.6 is 0 Å². The molecule has 1 aromatic carbocycles. The Morgan fingerprint density at radius 3 is 2.58 bits per heavy atom. The first kappa shape index (κ1) is 15.5. The van der Waals surface area contributed by atoms with Crippen LogP contribution in [0.15, 0.2) is 54.7 Å². The summed E-state index contributed by atoms with van der Waals surface area (Å²) in [5.41, 5.74) is 2.03. The molecule has 5 heteroatoms. The number of ketones is 1. The molecule has 0 atom stereocenters. The summed E-state index contributed by atoms with van der Waals surface area (Å²) in [6.45, 7) is 1.95. The first-order valence-electron chi connectivity index (χ1n) is 7.47. The summed E-state index contributed by atoms with van der Waals surface area (Å²) < 4.78 is 6.68. The first-order chi connectivity index (χ1) is 11.7. The lowest BCUT2D eigenvalue weighted by Crippen LogP contribution is -2.04. The van der Waals surface area contributed by atoms with Crippen LogP contribution in [0.3, 0.4) is 0 Å². The molecule has 0 spiro atoms. The van der Waals surface area contributed by atoms with Crippen molar-refractivity contribution in [2.45, 2.75) is 6.92 Å². The summed E-state index contributed by atoms with van der Waals surface area (Å²) in [6, 6.07) is 15.6. The minimum absolute atomic E-state index is 0.203. The highest BCUT2D eigenvalue weighted by molar-refractivity contribution is 6.11. The van der Waals surface area contributed by atoms with Crippen LogP contribution in [0.4, 0.5) is 0 Å². The van der Waals surface area contributed by atoms with Gasteiger partial charge < -0.3 is 9.14 Å². The first-order valence-corrected chi connectivity index (χ1v) is 7.47. The number of ether oxygens (including phenoxy) is 1. The summed E-state index contributed by atoms with van der Waals surface area (Å²) >= 11 is 0. The molecule has 3 aromatic rings. The number of rotatable bonds is 4. The third-order valence-corrected chi connectivity index (χ3v) is 3.66. The molecule has 0 saturated carbocycles. The lowest BCUT2D eigenvalue weighted by atomic mass is 10.1. The zero-order valence-corrected chi connectivity index (χ0v) is 13.0. The summed E-state index contributed by atoms with van der Waals surface area (Å²) in [7, 11) is 0. The molecule has 3 rings (SSSR count). The van der Waals surface area contributed by atoms with Gasteiger partial charge in [-0.2, -0.15) is 5.26 Å². The van der Waals surface area contributed by atoms with Gasteiger partial charge >= 0.3 is 5.97 Å². The Hall–Kier alpha value is -3.39. The molecule has 118 valence electrons. The minimum atomic E-state index is -0.516. The number of carbonyl (C=O) groups excluding carboxylic acids is 2. The number of pyridine rings is 1. The van der Waals surface area contributed by atoms with E-state index in [4.69, 9.17) is 10.00 Å². The second-order valence-corrected chi connectivity index (χ2v) is 5.14. The molecular formula is C19H14N2O3. The van der Waals surface area contributed by atoms with Gasteiger partial charge in [-0.05, 0) is 25.1 Å². The maximum absolute atomic E-state index is 12.8. The Kier molecular flexibility index (Phi) is 4.13. The molecule has 2 heterocycles. The van der Waals surface area contributed by atoms with E-state index < -0.39 is 5.97 Å². The zero-order chi connectivity index (χ0) is 17.1. The molecule has 0 amide bonds. The van der Waals surface area contributed by atoms with E-state index in [1.807, 2.05) is 12.1 Å². The standard InChI is InChI=1S/C19H14N2O3/c1-2-24-19(23)15-11-17(18(22)14-6-4-3-5-7-14)21-9-8-13(12-20)10-16(15)21/h3-11H,2H2,1H3. The van der Waals surface area contributed by atoms with Gasteiger partial charge in [-0.3, -0.25) is 4.79 Å². The second kappa shape index (κ2) is 6.39. The van der Waals surface area contributed by atoms with E-state index in [1.165, 1.54) is 6.07 Å². The predicted molar refractivity (Wildman–Crippen MR) is 87.9 cm³/mol. The normalized spacial score (nSPS) is 10.3. The molecule has 0 unspecified atom stereocenters. The van der Waals surface area contributed by atoms with Gasteiger partial charge in [0.15, 0.2) is 0 Å². The van der Waals surface area contributed by atoms with E-state index in [0.717, 1.165) is 0 Å². The van der Waals surface area contributed by atoms with Crippen LogP contribution in [0.1, 0.15) is 38.9 Å². The fraction of sp³-hybridized carbons (Fsp3) is 0.105. The van der Waals surface area contributed by atoms with Gasteiger partial charge in [0.1, 0.15) is 0 Å². The number of carbonyl (C=O) groups is 2. The van der Waals surface area contributed by atoms with Crippen molar-refractivity contribution in [3.63, 3.8) is 0 Å². The molecule has 2 aromatic heterocycles. The predicted octanol–water partition coefficient (Wildman–Crippen LogP) is 3.22. The highest BCUT2D eigenvalue weighted by Gasteiger charge is 2.21. The molecule has 0 aliphatic heterocycles. The van der Waals surface area contributed by atoms with Crippen LogP contribution in [0.25, 0.3) is 5.52 Å². The average Bonchev–Trinajstić information content (AvgIpc) is 3.00. The van der Waals surface area contributed by atoms with Gasteiger partial charge in [0.2, 0.25) is 5.78 Å². The topological polar surface area (TPSA) is 71.6 Å². The van der Waals surface area contributed by atoms with E-state index in [0.29, 0.717) is 22.3 Å². The molecule has 24 heavy (non-hydrogen) atoms. The largest absolute Gasteiger partial charge is 0.462 e. The van der Waals surface area contributed by atoms with Crippen LogP contribution in [0.5, 0.6) is 0 Å². The summed E-state index contributed by atoms with van der Waals surface area (Å²) in [6.07, 6.45) is 1.62. The smallest absolute Gasteiger partial charge is 0.340 e. The number of nitriles is 1. The summed E-state index contributed by atoms with van der Waals surface area (Å²) in [5, 5.41) is 9.08. The van der Waals surface area contributed by atoms with Crippen LogP contribution in [0, 0.1) is 11.3 Å². The van der Waals surface area contributed by atoms with Crippen molar-refractivity contribution in [1.29, 1.82) is 5.26 Å². The molecule has 0 fully saturated rings. The van der Waals surface area contributed by atoms with E-state index in [2.05, 4.69) is 0 Å². The van der Waals surface area contributed by atoms with Gasteiger partial charge in [-0.25, -0.2) is 4.79 Å². The Bertz CT molecular complexity index is 965. The number of fused-ring (bicyclic) bond motifs is 1. The van der Waals surface area contributed by atoms with Crippen molar-refractivity contribution in [1.82, 2.24) is 4.40 Å². The molecule has 0 saturated heterocycles. The number of nitrogens with zero attached hydrogens (tertiary/aromatic N) is 2. The fourth-order valence-electron chi connectivity index (χ4n) is 2.55. The lowest BCUT2D eigenvalue weighted by molar-refractivity contribution is 0.0529. The third kappa shape index (κ3) is 2.66. The Morgan fingerprint density at radius 1 is 1.17 bits per heavy atom. The number of aromatic nitrogens is 1. The average molecular weight is 318 g/mol. The Morgan fingerprint density at radius 2 is 1.92 bits per heavy atom. The van der Waals surface area contributed by atoms with Crippen molar-refractivity contribution < 1.29 is 14.3 Å². The minimum Gasteiger partial charge on any atom is -0.462 e. The van der Waals surface area contributed by atoms with Crippen LogP contribution in [-0.4, -0.2) is 22.8 Å². The zero-order valence-electron chi connectivity index (χ0n) is 13.0. The SMILES string of the molecule is CCOC(=O)c1cc(C(=O)c2ccccc2)n2ccc(C#N)cc12. The van der Waals surface area contributed by atoms with Gasteiger partial charge in [-0.15, -0.1) is 0 Å². The van der Waals surface area contributed by atoms with Crippen LogP contribution < -0.4 is 0 Å². The quantitative estimate of drug-likeness (QED) is 0.547.